The third-order valence-electron chi connectivity index (χ3n) is 3.24. The Bertz CT molecular complexity index is 496. The maximum absolute atomic E-state index is 12.8. The van der Waals surface area contributed by atoms with Crippen LogP contribution in [0.1, 0.15) is 24.7 Å². The van der Waals surface area contributed by atoms with Crippen LogP contribution >= 0.6 is 0 Å². The lowest BCUT2D eigenvalue weighted by molar-refractivity contribution is 0.104. The van der Waals surface area contributed by atoms with E-state index in [1.54, 1.807) is 6.26 Å². The number of ether oxygens (including phenoxy) is 1. The van der Waals surface area contributed by atoms with Crippen molar-refractivity contribution in [2.45, 2.75) is 32.4 Å². The molecular formula is C17H22FNO2. The molecule has 0 saturated heterocycles. The van der Waals surface area contributed by atoms with Crippen molar-refractivity contribution >= 4 is 0 Å². The maximum atomic E-state index is 12.8. The van der Waals surface area contributed by atoms with Crippen molar-refractivity contribution < 1.29 is 13.5 Å². The van der Waals surface area contributed by atoms with Crippen LogP contribution in [0, 0.1) is 5.82 Å². The Morgan fingerprint density at radius 1 is 1.24 bits per heavy atom. The van der Waals surface area contributed by atoms with Gasteiger partial charge >= 0.3 is 0 Å². The molecule has 1 heterocycles. The predicted molar refractivity (Wildman–Crippen MR) is 80.5 cm³/mol. The molecule has 0 radical (unpaired) electrons. The van der Waals surface area contributed by atoms with Crippen molar-refractivity contribution in [2.24, 2.45) is 0 Å². The van der Waals surface area contributed by atoms with Crippen LogP contribution in [0.3, 0.4) is 0 Å². The van der Waals surface area contributed by atoms with E-state index in [9.17, 15) is 4.39 Å². The average molecular weight is 291 g/mol. The van der Waals surface area contributed by atoms with E-state index in [-0.39, 0.29) is 5.82 Å². The summed E-state index contributed by atoms with van der Waals surface area (Å²) in [7, 11) is 0. The van der Waals surface area contributed by atoms with E-state index in [0.29, 0.717) is 19.3 Å². The van der Waals surface area contributed by atoms with Crippen molar-refractivity contribution in [3.8, 4) is 0 Å². The minimum absolute atomic E-state index is 0.187. The van der Waals surface area contributed by atoms with Gasteiger partial charge in [0.2, 0.25) is 0 Å². The first-order chi connectivity index (χ1) is 10.2. The quantitative estimate of drug-likeness (QED) is 0.718. The van der Waals surface area contributed by atoms with Gasteiger partial charge in [0.05, 0.1) is 6.26 Å². The van der Waals surface area contributed by atoms with E-state index in [1.165, 1.54) is 12.1 Å². The van der Waals surface area contributed by atoms with Crippen molar-refractivity contribution in [3.05, 3.63) is 59.8 Å². The molecule has 0 fully saturated rings. The van der Waals surface area contributed by atoms with Crippen molar-refractivity contribution in [2.75, 3.05) is 13.2 Å². The normalized spacial score (nSPS) is 12.5. The van der Waals surface area contributed by atoms with Gasteiger partial charge in [0, 0.05) is 12.6 Å². The number of hydrogen-bond acceptors (Lipinski definition) is 3. The second-order valence-electron chi connectivity index (χ2n) is 5.17. The third kappa shape index (κ3) is 6.10. The predicted octanol–water partition coefficient (Wildman–Crippen LogP) is 3.55. The molecule has 1 N–H and O–H groups in total. The molecule has 0 spiro atoms. The first-order valence-corrected chi connectivity index (χ1v) is 7.32. The molecule has 4 heteroatoms. The number of rotatable bonds is 9. The van der Waals surface area contributed by atoms with Gasteiger partial charge in [-0.2, -0.15) is 0 Å². The van der Waals surface area contributed by atoms with Crippen LogP contribution in [0.25, 0.3) is 0 Å². The van der Waals surface area contributed by atoms with Crippen molar-refractivity contribution in [3.63, 3.8) is 0 Å². The zero-order chi connectivity index (χ0) is 14.9. The highest BCUT2D eigenvalue weighted by Crippen LogP contribution is 2.06. The van der Waals surface area contributed by atoms with E-state index in [4.69, 9.17) is 9.15 Å². The number of nitrogens with one attached hydrogen (secondary N) is 1. The van der Waals surface area contributed by atoms with E-state index in [1.807, 2.05) is 24.3 Å². The fourth-order valence-corrected chi connectivity index (χ4v) is 2.14. The number of halogens is 1. The fourth-order valence-electron chi connectivity index (χ4n) is 2.14. The standard InChI is InChI=1S/C17H22FNO2/c1-14(12-15-5-7-16(18)8-6-15)19-9-3-10-20-13-17-4-2-11-21-17/h2,4-8,11,14,19H,3,9-10,12-13H2,1H3. The highest BCUT2D eigenvalue weighted by Gasteiger charge is 2.03. The molecule has 1 aromatic heterocycles. The van der Waals surface area contributed by atoms with Gasteiger partial charge in [-0.15, -0.1) is 0 Å². The fraction of sp³-hybridized carbons (Fsp3) is 0.412. The summed E-state index contributed by atoms with van der Waals surface area (Å²) in [4.78, 5) is 0. The summed E-state index contributed by atoms with van der Waals surface area (Å²) in [6.07, 6.45) is 3.50. The van der Waals surface area contributed by atoms with Gasteiger partial charge in [-0.05, 0) is 56.1 Å². The molecule has 2 aromatic rings. The summed E-state index contributed by atoms with van der Waals surface area (Å²) in [5.74, 6) is 0.667. The third-order valence-corrected chi connectivity index (χ3v) is 3.24. The Kier molecular flexibility index (Phi) is 6.44. The summed E-state index contributed by atoms with van der Waals surface area (Å²) in [6.45, 7) is 4.27. The lowest BCUT2D eigenvalue weighted by atomic mass is 10.1. The number of hydrogen-bond donors (Lipinski definition) is 1. The molecule has 0 aliphatic heterocycles. The monoisotopic (exact) mass is 291 g/mol. The average Bonchev–Trinajstić information content (AvgIpc) is 2.98. The molecule has 2 rings (SSSR count). The van der Waals surface area contributed by atoms with Crippen LogP contribution in [-0.4, -0.2) is 19.2 Å². The summed E-state index contributed by atoms with van der Waals surface area (Å²) in [5.41, 5.74) is 1.14. The van der Waals surface area contributed by atoms with Gasteiger partial charge < -0.3 is 14.5 Å². The first kappa shape index (κ1) is 15.7. The Hall–Kier alpha value is -1.65. The molecule has 0 amide bonds. The zero-order valence-corrected chi connectivity index (χ0v) is 12.3. The van der Waals surface area contributed by atoms with E-state index >= 15 is 0 Å². The van der Waals surface area contributed by atoms with Gasteiger partial charge in [0.1, 0.15) is 18.2 Å². The summed E-state index contributed by atoms with van der Waals surface area (Å²) < 4.78 is 23.5. The molecule has 3 nitrogen and oxygen atoms in total. The highest BCUT2D eigenvalue weighted by atomic mass is 19.1. The van der Waals surface area contributed by atoms with E-state index < -0.39 is 0 Å². The summed E-state index contributed by atoms with van der Waals surface area (Å²) in [5, 5.41) is 3.44. The molecule has 1 unspecified atom stereocenters. The minimum atomic E-state index is -0.187. The summed E-state index contributed by atoms with van der Waals surface area (Å²) in [6, 6.07) is 10.8. The minimum Gasteiger partial charge on any atom is -0.467 e. The lowest BCUT2D eigenvalue weighted by Gasteiger charge is -2.13. The zero-order valence-electron chi connectivity index (χ0n) is 12.3. The topological polar surface area (TPSA) is 34.4 Å². The van der Waals surface area contributed by atoms with Gasteiger partial charge in [0.15, 0.2) is 0 Å². The van der Waals surface area contributed by atoms with Gasteiger partial charge in [-0.1, -0.05) is 12.1 Å². The van der Waals surface area contributed by atoms with Gasteiger partial charge in [0.25, 0.3) is 0 Å². The van der Waals surface area contributed by atoms with Crippen LogP contribution in [0.5, 0.6) is 0 Å². The van der Waals surface area contributed by atoms with Crippen LogP contribution in [0.4, 0.5) is 4.39 Å². The van der Waals surface area contributed by atoms with Crippen LogP contribution < -0.4 is 5.32 Å². The largest absolute Gasteiger partial charge is 0.467 e. The van der Waals surface area contributed by atoms with E-state index in [2.05, 4.69) is 12.2 Å². The van der Waals surface area contributed by atoms with Crippen LogP contribution in [-0.2, 0) is 17.8 Å². The second-order valence-corrected chi connectivity index (χ2v) is 5.17. The Morgan fingerprint density at radius 2 is 2.05 bits per heavy atom. The Balaban J connectivity index is 1.52. The molecule has 0 saturated carbocycles. The highest BCUT2D eigenvalue weighted by molar-refractivity contribution is 5.16. The molecule has 21 heavy (non-hydrogen) atoms. The Labute approximate surface area is 125 Å². The molecular weight excluding hydrogens is 269 g/mol. The number of furan rings is 1. The Morgan fingerprint density at radius 3 is 2.76 bits per heavy atom. The lowest BCUT2D eigenvalue weighted by Crippen LogP contribution is -2.29. The van der Waals surface area contributed by atoms with Gasteiger partial charge in [-0.25, -0.2) is 4.39 Å². The molecule has 1 aromatic carbocycles. The molecule has 0 bridgehead atoms. The summed E-state index contributed by atoms with van der Waals surface area (Å²) >= 11 is 0. The molecule has 0 aliphatic rings. The first-order valence-electron chi connectivity index (χ1n) is 7.32. The molecule has 114 valence electrons. The van der Waals surface area contributed by atoms with Crippen LogP contribution in [0.15, 0.2) is 47.1 Å². The van der Waals surface area contributed by atoms with Crippen molar-refractivity contribution in [1.29, 1.82) is 0 Å². The maximum Gasteiger partial charge on any atom is 0.129 e. The van der Waals surface area contributed by atoms with Gasteiger partial charge in [-0.3, -0.25) is 0 Å². The molecule has 0 aliphatic carbocycles. The number of benzene rings is 1. The SMILES string of the molecule is CC(Cc1ccc(F)cc1)NCCCOCc1ccco1. The van der Waals surface area contributed by atoms with Crippen LogP contribution in [0.2, 0.25) is 0 Å². The molecule has 1 atom stereocenters. The van der Waals surface area contributed by atoms with Crippen molar-refractivity contribution in [1.82, 2.24) is 5.32 Å². The van der Waals surface area contributed by atoms with E-state index in [0.717, 1.165) is 30.7 Å². The second kappa shape index (κ2) is 8.60. The smallest absolute Gasteiger partial charge is 0.129 e.